The van der Waals surface area contributed by atoms with Gasteiger partial charge in [-0.2, -0.15) is 0 Å². The van der Waals surface area contributed by atoms with Crippen molar-refractivity contribution in [1.82, 2.24) is 19.6 Å². The number of halogens is 6. The topological polar surface area (TPSA) is 87.6 Å². The van der Waals surface area contributed by atoms with Crippen molar-refractivity contribution in [1.29, 1.82) is 0 Å². The number of β-amino-alcohol motifs (C(OH)–C–C–N with tert-alkyl or cyclic N) is 2. The largest absolute Gasteiger partial charge is 0.395 e. The van der Waals surface area contributed by atoms with E-state index in [9.17, 15) is 19.8 Å². The molecule has 0 bridgehead atoms. The van der Waals surface area contributed by atoms with E-state index in [1.54, 1.807) is 70.5 Å². The molecule has 0 radical (unpaired) electrons. The zero-order valence-corrected chi connectivity index (χ0v) is 36.1. The molecular weight excluding hydrogens is 869 g/mol. The molecule has 4 aromatic rings. The van der Waals surface area contributed by atoms with Crippen LogP contribution >= 0.6 is 81.4 Å². The van der Waals surface area contributed by atoms with Crippen molar-refractivity contribution in [3.63, 3.8) is 0 Å². The number of benzene rings is 4. The summed E-state index contributed by atoms with van der Waals surface area (Å²) in [7, 11) is 0. The van der Waals surface area contributed by atoms with E-state index in [-0.39, 0.29) is 25.0 Å². The van der Waals surface area contributed by atoms with Gasteiger partial charge in [-0.05, 0) is 59.7 Å². The number of hydrogen-bond donors (Lipinski definition) is 2. The molecule has 2 aliphatic rings. The third kappa shape index (κ3) is 10.9. The predicted molar refractivity (Wildman–Crippen MR) is 236 cm³/mol. The van der Waals surface area contributed by atoms with Crippen LogP contribution in [0.15, 0.2) is 82.6 Å². The molecule has 0 aliphatic carbocycles. The third-order valence-corrected chi connectivity index (χ3v) is 13.1. The molecule has 57 heavy (non-hydrogen) atoms. The molecule has 2 heterocycles. The monoisotopic (exact) mass is 906 g/mol. The Kier molecular flexibility index (Phi) is 15.7. The fourth-order valence-corrected chi connectivity index (χ4v) is 9.51. The summed E-state index contributed by atoms with van der Waals surface area (Å²) in [6, 6.07) is 17.9. The highest BCUT2D eigenvalue weighted by molar-refractivity contribution is 7.99. The van der Waals surface area contributed by atoms with Gasteiger partial charge in [0.15, 0.2) is 0 Å². The Morgan fingerprint density at radius 3 is 1.30 bits per heavy atom. The van der Waals surface area contributed by atoms with Crippen molar-refractivity contribution >= 4 is 105 Å². The minimum Gasteiger partial charge on any atom is -0.395 e. The molecule has 2 amide bonds. The second-order valence-electron chi connectivity index (χ2n) is 13.5. The minimum atomic E-state index is -0.127. The first-order valence-electron chi connectivity index (χ1n) is 18.3. The van der Waals surface area contributed by atoms with Gasteiger partial charge >= 0.3 is 0 Å². The molecule has 0 aromatic heterocycles. The molecule has 0 saturated carbocycles. The molecular formula is C42H40Cl6N4O4S. The van der Waals surface area contributed by atoms with Gasteiger partial charge in [-0.25, -0.2) is 0 Å². The van der Waals surface area contributed by atoms with Crippen LogP contribution in [0.2, 0.25) is 30.1 Å². The number of aliphatic hydroxyl groups is 2. The van der Waals surface area contributed by atoms with E-state index in [0.717, 1.165) is 0 Å². The molecule has 0 unspecified atom stereocenters. The van der Waals surface area contributed by atoms with Crippen LogP contribution in [0.1, 0.15) is 11.1 Å². The molecule has 15 heteroatoms. The Hall–Kier alpha value is -2.77. The van der Waals surface area contributed by atoms with E-state index >= 15 is 0 Å². The lowest BCUT2D eigenvalue weighted by Gasteiger charge is -2.33. The summed E-state index contributed by atoms with van der Waals surface area (Å²) in [5, 5.41) is 21.1. The van der Waals surface area contributed by atoms with Crippen LogP contribution in [0, 0.1) is 0 Å². The van der Waals surface area contributed by atoms with Crippen LogP contribution in [0.25, 0.3) is 34.4 Å². The Bertz CT molecular complexity index is 2020. The number of amides is 2. The maximum absolute atomic E-state index is 13.3. The fraction of sp³-hybridized carbons (Fsp3) is 0.286. The summed E-state index contributed by atoms with van der Waals surface area (Å²) < 4.78 is 0. The van der Waals surface area contributed by atoms with Gasteiger partial charge in [0.05, 0.1) is 23.3 Å². The third-order valence-electron chi connectivity index (χ3n) is 9.91. The number of piperazine rings is 2. The van der Waals surface area contributed by atoms with Gasteiger partial charge in [-0.15, -0.1) is 0 Å². The average Bonchev–Trinajstić information content (AvgIpc) is 3.19. The summed E-state index contributed by atoms with van der Waals surface area (Å²) in [6.45, 7) is 6.36. The lowest BCUT2D eigenvalue weighted by Crippen LogP contribution is -2.48. The molecule has 6 rings (SSSR count). The Morgan fingerprint density at radius 1 is 0.561 bits per heavy atom. The number of hydrogen-bond acceptors (Lipinski definition) is 7. The van der Waals surface area contributed by atoms with Crippen LogP contribution in [0.5, 0.6) is 0 Å². The number of carbonyl (C=O) groups excluding carboxylic acids is 2. The second-order valence-corrected chi connectivity index (χ2v) is 17.0. The van der Waals surface area contributed by atoms with Crippen molar-refractivity contribution in [3.05, 3.63) is 114 Å². The number of aliphatic hydroxyl groups excluding tert-OH is 2. The molecule has 2 aliphatic heterocycles. The molecule has 300 valence electrons. The van der Waals surface area contributed by atoms with Gasteiger partial charge < -0.3 is 20.0 Å². The van der Waals surface area contributed by atoms with E-state index in [1.165, 1.54) is 11.8 Å². The van der Waals surface area contributed by atoms with E-state index in [1.807, 2.05) is 24.3 Å². The van der Waals surface area contributed by atoms with Gasteiger partial charge in [0.25, 0.3) is 0 Å². The highest BCUT2D eigenvalue weighted by Gasteiger charge is 2.23. The van der Waals surface area contributed by atoms with Gasteiger partial charge in [-0.3, -0.25) is 19.4 Å². The Morgan fingerprint density at radius 2 is 0.947 bits per heavy atom. The summed E-state index contributed by atoms with van der Waals surface area (Å²) in [5.74, 6) is -0.254. The first kappa shape index (κ1) is 43.8. The van der Waals surface area contributed by atoms with Gasteiger partial charge in [0.1, 0.15) is 0 Å². The number of carbonyl (C=O) groups is 2. The van der Waals surface area contributed by atoms with Crippen molar-refractivity contribution < 1.29 is 19.8 Å². The van der Waals surface area contributed by atoms with E-state index in [0.29, 0.717) is 139 Å². The van der Waals surface area contributed by atoms with Crippen LogP contribution < -0.4 is 0 Å². The highest BCUT2D eigenvalue weighted by atomic mass is 35.5. The molecule has 2 N–H and O–H groups in total. The summed E-state index contributed by atoms with van der Waals surface area (Å²) >= 11 is 42.0. The Labute approximate surface area is 367 Å². The first-order chi connectivity index (χ1) is 27.5. The van der Waals surface area contributed by atoms with E-state index < -0.39 is 0 Å². The molecule has 2 saturated heterocycles. The minimum absolute atomic E-state index is 0.0835. The normalized spacial score (nSPS) is 15.6. The second kappa shape index (κ2) is 20.5. The molecule has 2 fully saturated rings. The van der Waals surface area contributed by atoms with Crippen LogP contribution in [0.4, 0.5) is 0 Å². The maximum atomic E-state index is 13.3. The van der Waals surface area contributed by atoms with Crippen LogP contribution in [-0.2, 0) is 9.59 Å². The fourth-order valence-electron chi connectivity index (χ4n) is 6.83. The molecule has 0 atom stereocenters. The van der Waals surface area contributed by atoms with Crippen molar-refractivity contribution in [2.45, 2.75) is 9.79 Å². The molecule has 4 aromatic carbocycles. The lowest BCUT2D eigenvalue weighted by molar-refractivity contribution is -0.128. The summed E-state index contributed by atoms with van der Waals surface area (Å²) in [5.41, 5.74) is 3.87. The summed E-state index contributed by atoms with van der Waals surface area (Å²) in [4.78, 5) is 35.7. The lowest BCUT2D eigenvalue weighted by atomic mass is 9.98. The van der Waals surface area contributed by atoms with Crippen LogP contribution in [-0.4, -0.2) is 120 Å². The van der Waals surface area contributed by atoms with Gasteiger partial charge in [-0.1, -0.05) is 106 Å². The quantitative estimate of drug-likeness (QED) is 0.137. The first-order valence-corrected chi connectivity index (χ1v) is 21.4. The van der Waals surface area contributed by atoms with Gasteiger partial charge in [0, 0.05) is 130 Å². The molecule has 8 nitrogen and oxygen atoms in total. The number of rotatable bonds is 12. The SMILES string of the molecule is O=C(C=Cc1ccc(Sc2ccc(C=CC(=O)N3CCN(CCO)CC3)c(-c3ccc(Cl)cc3Cl)c2Cl)c(Cl)c1-c1ccc(Cl)cc1Cl)N1CCN(CCO)CC1. The van der Waals surface area contributed by atoms with E-state index in [2.05, 4.69) is 9.80 Å². The van der Waals surface area contributed by atoms with Crippen LogP contribution in [0.3, 0.4) is 0 Å². The summed E-state index contributed by atoms with van der Waals surface area (Å²) in [6.07, 6.45) is 6.57. The number of nitrogens with zero attached hydrogens (tertiary/aromatic N) is 4. The smallest absolute Gasteiger partial charge is 0.246 e. The van der Waals surface area contributed by atoms with E-state index in [4.69, 9.17) is 69.6 Å². The van der Waals surface area contributed by atoms with Crippen molar-refractivity contribution in [3.8, 4) is 22.3 Å². The Balaban J connectivity index is 1.33. The van der Waals surface area contributed by atoms with Crippen molar-refractivity contribution in [2.75, 3.05) is 78.7 Å². The average molecular weight is 910 g/mol. The zero-order chi connectivity index (χ0) is 40.6. The maximum Gasteiger partial charge on any atom is 0.246 e. The predicted octanol–water partition coefficient (Wildman–Crippen LogP) is 9.39. The standard InChI is InChI=1S/C42H40Cl6N4O4S/c43-29-5-7-31(33(45)25-29)39-27(3-11-37(55)51-17-13-49(14-18-51)21-23-53)1-9-35(41(39)47)57-36-10-2-28(40(42(36)48)32-8-6-30(44)26-34(32)46)4-12-38(56)52-19-15-50(16-20-52)22-24-54/h1-12,25-26,53-54H,13-24H2. The highest BCUT2D eigenvalue weighted by Crippen LogP contribution is 2.48. The zero-order valence-electron chi connectivity index (χ0n) is 30.7. The van der Waals surface area contributed by atoms with Crippen molar-refractivity contribution in [2.24, 2.45) is 0 Å². The molecule has 0 spiro atoms. The van der Waals surface area contributed by atoms with Gasteiger partial charge in [0.2, 0.25) is 11.8 Å².